The molecule has 2 aromatic heterocycles. The van der Waals surface area contributed by atoms with E-state index in [1.807, 2.05) is 31.2 Å². The van der Waals surface area contributed by atoms with E-state index in [0.717, 1.165) is 23.2 Å². The zero-order valence-electron chi connectivity index (χ0n) is 18.5. The van der Waals surface area contributed by atoms with Crippen molar-refractivity contribution in [1.82, 2.24) is 15.0 Å². The van der Waals surface area contributed by atoms with Crippen molar-refractivity contribution < 1.29 is 9.21 Å². The fourth-order valence-corrected chi connectivity index (χ4v) is 4.04. The van der Waals surface area contributed by atoms with Crippen LogP contribution in [0.1, 0.15) is 28.6 Å². The highest BCUT2D eigenvalue weighted by Crippen LogP contribution is 2.32. The molecule has 8 heteroatoms. The maximum atomic E-state index is 12.9. The van der Waals surface area contributed by atoms with Crippen molar-refractivity contribution in [1.29, 1.82) is 0 Å². The van der Waals surface area contributed by atoms with Crippen LogP contribution in [-0.2, 0) is 6.42 Å². The molecule has 5 aromatic rings. The summed E-state index contributed by atoms with van der Waals surface area (Å²) >= 11 is 12.3. The van der Waals surface area contributed by atoms with Crippen molar-refractivity contribution in [3.05, 3.63) is 93.7 Å². The minimum absolute atomic E-state index is 0.158. The Bertz CT molecular complexity index is 1520. The van der Waals surface area contributed by atoms with Crippen LogP contribution in [0.25, 0.3) is 28.0 Å². The van der Waals surface area contributed by atoms with Gasteiger partial charge in [0.2, 0.25) is 0 Å². The number of anilines is 1. The summed E-state index contributed by atoms with van der Waals surface area (Å²) in [5, 5.41) is 13.1. The standard InChI is InChI=1S/C26H20Cl2N4O2/c1-3-16-4-7-18(8-5-16)32-30-22-12-15(2)21(14-23(22)31-32)29-26(33)25-11-10-24(34-25)19-13-17(27)6-9-20(19)28/h4-14H,3H2,1-2H3,(H,29,33). The highest BCUT2D eigenvalue weighted by molar-refractivity contribution is 6.35. The van der Waals surface area contributed by atoms with Crippen molar-refractivity contribution in [3.8, 4) is 17.0 Å². The predicted molar refractivity (Wildman–Crippen MR) is 135 cm³/mol. The third kappa shape index (κ3) is 4.30. The molecular weight excluding hydrogens is 471 g/mol. The largest absolute Gasteiger partial charge is 0.451 e. The maximum Gasteiger partial charge on any atom is 0.291 e. The SMILES string of the molecule is CCc1ccc(-n2nc3cc(C)c(NC(=O)c4ccc(-c5cc(Cl)ccc5Cl)o4)cc3n2)cc1. The number of fused-ring (bicyclic) bond motifs is 1. The van der Waals surface area contributed by atoms with Gasteiger partial charge in [0.15, 0.2) is 5.76 Å². The van der Waals surface area contributed by atoms with Crippen molar-refractivity contribution in [2.75, 3.05) is 5.32 Å². The molecule has 34 heavy (non-hydrogen) atoms. The Labute approximate surface area is 206 Å². The number of furan rings is 1. The summed E-state index contributed by atoms with van der Waals surface area (Å²) in [4.78, 5) is 14.5. The number of aryl methyl sites for hydroxylation is 2. The van der Waals surface area contributed by atoms with Crippen LogP contribution in [0.3, 0.4) is 0 Å². The van der Waals surface area contributed by atoms with Gasteiger partial charge in [-0.3, -0.25) is 4.79 Å². The van der Waals surface area contributed by atoms with Gasteiger partial charge < -0.3 is 9.73 Å². The third-order valence-electron chi connectivity index (χ3n) is 5.57. The van der Waals surface area contributed by atoms with E-state index in [1.54, 1.807) is 35.1 Å². The average molecular weight is 491 g/mol. The molecule has 0 radical (unpaired) electrons. The summed E-state index contributed by atoms with van der Waals surface area (Å²) in [6.07, 6.45) is 0.973. The average Bonchev–Trinajstić information content (AvgIpc) is 3.48. The number of rotatable bonds is 5. The van der Waals surface area contributed by atoms with Gasteiger partial charge in [-0.25, -0.2) is 0 Å². The molecule has 0 spiro atoms. The number of hydrogen-bond donors (Lipinski definition) is 1. The molecule has 5 rings (SSSR count). The van der Waals surface area contributed by atoms with Gasteiger partial charge in [-0.05, 0) is 79.1 Å². The summed E-state index contributed by atoms with van der Waals surface area (Å²) < 4.78 is 5.76. The van der Waals surface area contributed by atoms with Gasteiger partial charge in [0.25, 0.3) is 5.91 Å². The summed E-state index contributed by atoms with van der Waals surface area (Å²) in [6.45, 7) is 4.02. The normalized spacial score (nSPS) is 11.2. The predicted octanol–water partition coefficient (Wildman–Crippen LogP) is 7.11. The zero-order chi connectivity index (χ0) is 23.8. The number of aromatic nitrogens is 3. The first-order valence-electron chi connectivity index (χ1n) is 10.7. The van der Waals surface area contributed by atoms with Crippen LogP contribution < -0.4 is 5.32 Å². The monoisotopic (exact) mass is 490 g/mol. The first-order valence-corrected chi connectivity index (χ1v) is 11.5. The fraction of sp³-hybridized carbons (Fsp3) is 0.115. The van der Waals surface area contributed by atoms with E-state index < -0.39 is 0 Å². The van der Waals surface area contributed by atoms with Crippen LogP contribution in [0.15, 0.2) is 71.1 Å². The van der Waals surface area contributed by atoms with Crippen LogP contribution in [0.2, 0.25) is 10.0 Å². The number of carbonyl (C=O) groups excluding carboxylic acids is 1. The lowest BCUT2D eigenvalue weighted by molar-refractivity contribution is 0.0997. The molecule has 3 aromatic carbocycles. The van der Waals surface area contributed by atoms with E-state index in [-0.39, 0.29) is 11.7 Å². The molecule has 0 saturated heterocycles. The Kier molecular flexibility index (Phi) is 5.86. The van der Waals surface area contributed by atoms with Gasteiger partial charge in [-0.15, -0.1) is 10.2 Å². The van der Waals surface area contributed by atoms with E-state index in [1.165, 1.54) is 5.56 Å². The number of halogens is 2. The number of nitrogens with one attached hydrogen (secondary N) is 1. The molecule has 0 aliphatic carbocycles. The van der Waals surface area contributed by atoms with Crippen molar-refractivity contribution in [2.45, 2.75) is 20.3 Å². The van der Waals surface area contributed by atoms with Gasteiger partial charge in [0.1, 0.15) is 16.8 Å². The fourth-order valence-electron chi connectivity index (χ4n) is 3.66. The van der Waals surface area contributed by atoms with Gasteiger partial charge in [-0.1, -0.05) is 42.3 Å². The van der Waals surface area contributed by atoms with Gasteiger partial charge in [0.05, 0.1) is 10.7 Å². The third-order valence-corrected chi connectivity index (χ3v) is 6.14. The summed E-state index contributed by atoms with van der Waals surface area (Å²) in [6, 6.07) is 20.2. The lowest BCUT2D eigenvalue weighted by atomic mass is 10.1. The highest BCUT2D eigenvalue weighted by Gasteiger charge is 2.17. The Balaban J connectivity index is 1.40. The molecule has 0 aliphatic heterocycles. The molecule has 0 fully saturated rings. The van der Waals surface area contributed by atoms with E-state index in [9.17, 15) is 4.79 Å². The van der Waals surface area contributed by atoms with Gasteiger partial charge in [0, 0.05) is 16.3 Å². The first kappa shape index (κ1) is 22.2. The van der Waals surface area contributed by atoms with E-state index in [0.29, 0.717) is 32.6 Å². The van der Waals surface area contributed by atoms with Crippen LogP contribution in [0.4, 0.5) is 5.69 Å². The van der Waals surface area contributed by atoms with Crippen LogP contribution in [-0.4, -0.2) is 20.9 Å². The van der Waals surface area contributed by atoms with Crippen LogP contribution in [0.5, 0.6) is 0 Å². The molecule has 0 unspecified atom stereocenters. The summed E-state index contributed by atoms with van der Waals surface area (Å²) in [5.41, 5.74) is 5.65. The molecule has 6 nitrogen and oxygen atoms in total. The summed E-state index contributed by atoms with van der Waals surface area (Å²) in [7, 11) is 0. The molecule has 0 aliphatic rings. The van der Waals surface area contributed by atoms with Crippen molar-refractivity contribution in [2.24, 2.45) is 0 Å². The number of benzene rings is 3. The lowest BCUT2D eigenvalue weighted by Gasteiger charge is -2.07. The Morgan fingerprint density at radius 3 is 2.44 bits per heavy atom. The molecule has 0 bridgehead atoms. The Morgan fingerprint density at radius 2 is 1.71 bits per heavy atom. The lowest BCUT2D eigenvalue weighted by Crippen LogP contribution is -2.11. The van der Waals surface area contributed by atoms with Crippen molar-refractivity contribution >= 4 is 45.8 Å². The molecule has 1 N–H and O–H groups in total. The second-order valence-electron chi connectivity index (χ2n) is 7.91. The first-order chi connectivity index (χ1) is 16.4. The van der Waals surface area contributed by atoms with E-state index in [4.69, 9.17) is 27.6 Å². The molecule has 0 saturated carbocycles. The number of amides is 1. The molecular formula is C26H20Cl2N4O2. The summed E-state index contributed by atoms with van der Waals surface area (Å²) in [5.74, 6) is 0.237. The van der Waals surface area contributed by atoms with Crippen molar-refractivity contribution in [3.63, 3.8) is 0 Å². The molecule has 2 heterocycles. The van der Waals surface area contributed by atoms with Gasteiger partial charge >= 0.3 is 0 Å². The second kappa shape index (κ2) is 8.97. The van der Waals surface area contributed by atoms with Gasteiger partial charge in [-0.2, -0.15) is 4.80 Å². The number of nitrogens with zero attached hydrogens (tertiary/aromatic N) is 3. The zero-order valence-corrected chi connectivity index (χ0v) is 20.0. The number of carbonyl (C=O) groups is 1. The Morgan fingerprint density at radius 1 is 0.971 bits per heavy atom. The minimum Gasteiger partial charge on any atom is -0.451 e. The van der Waals surface area contributed by atoms with E-state index in [2.05, 4.69) is 34.6 Å². The van der Waals surface area contributed by atoms with E-state index >= 15 is 0 Å². The number of hydrogen-bond acceptors (Lipinski definition) is 4. The quantitative estimate of drug-likeness (QED) is 0.284. The van der Waals surface area contributed by atoms with Crippen LogP contribution >= 0.6 is 23.2 Å². The molecule has 170 valence electrons. The molecule has 1 amide bonds. The van der Waals surface area contributed by atoms with Crippen LogP contribution in [0, 0.1) is 6.92 Å². The highest BCUT2D eigenvalue weighted by atomic mass is 35.5. The topological polar surface area (TPSA) is 73.0 Å². The Hall–Kier alpha value is -3.61. The second-order valence-corrected chi connectivity index (χ2v) is 8.75. The molecule has 0 atom stereocenters. The minimum atomic E-state index is -0.380. The smallest absolute Gasteiger partial charge is 0.291 e. The maximum absolute atomic E-state index is 12.9.